The fourth-order valence-corrected chi connectivity index (χ4v) is 2.59. The molecule has 1 heterocycles. The zero-order valence-electron chi connectivity index (χ0n) is 13.9. The van der Waals surface area contributed by atoms with E-state index in [2.05, 4.69) is 12.1 Å². The van der Waals surface area contributed by atoms with E-state index < -0.39 is 4.92 Å². The van der Waals surface area contributed by atoms with Gasteiger partial charge < -0.3 is 0 Å². The SMILES string of the molecule is Br.O=C(C[n+]1ccc(Cc2ccccc2)cc1)c1cccc([N+](=O)[O-])c1. The van der Waals surface area contributed by atoms with Crippen LogP contribution in [0.4, 0.5) is 5.69 Å². The second kappa shape index (κ2) is 9.01. The van der Waals surface area contributed by atoms with Crippen molar-refractivity contribution >= 4 is 28.5 Å². The molecule has 0 saturated heterocycles. The van der Waals surface area contributed by atoms with Crippen LogP contribution in [0, 0.1) is 10.1 Å². The van der Waals surface area contributed by atoms with Crippen LogP contribution in [0.5, 0.6) is 0 Å². The first-order chi connectivity index (χ1) is 12.1. The first-order valence-electron chi connectivity index (χ1n) is 7.91. The smallest absolute Gasteiger partial charge is 0.270 e. The molecule has 0 spiro atoms. The number of rotatable bonds is 6. The van der Waals surface area contributed by atoms with Crippen molar-refractivity contribution in [2.75, 3.05) is 0 Å². The molecule has 0 radical (unpaired) electrons. The maximum atomic E-state index is 12.3. The topological polar surface area (TPSA) is 64.1 Å². The summed E-state index contributed by atoms with van der Waals surface area (Å²) in [6.45, 7) is 0.146. The predicted octanol–water partition coefficient (Wildman–Crippen LogP) is 3.93. The summed E-state index contributed by atoms with van der Waals surface area (Å²) >= 11 is 0. The number of nitro benzene ring substituents is 1. The molecule has 2 aromatic carbocycles. The van der Waals surface area contributed by atoms with Crippen LogP contribution in [-0.2, 0) is 13.0 Å². The van der Waals surface area contributed by atoms with Gasteiger partial charge in [0, 0.05) is 29.8 Å². The van der Waals surface area contributed by atoms with Gasteiger partial charge in [0.15, 0.2) is 12.4 Å². The molecule has 0 saturated carbocycles. The molecule has 132 valence electrons. The molecule has 26 heavy (non-hydrogen) atoms. The Labute approximate surface area is 161 Å². The minimum atomic E-state index is -0.498. The van der Waals surface area contributed by atoms with E-state index in [0.717, 1.165) is 12.0 Å². The molecule has 0 aliphatic heterocycles. The molecule has 0 unspecified atom stereocenters. The number of non-ortho nitro benzene ring substituents is 1. The van der Waals surface area contributed by atoms with Gasteiger partial charge in [-0.1, -0.05) is 42.5 Å². The van der Waals surface area contributed by atoms with Crippen molar-refractivity contribution in [2.45, 2.75) is 13.0 Å². The van der Waals surface area contributed by atoms with Crippen LogP contribution in [0.25, 0.3) is 0 Å². The number of hydrogen-bond acceptors (Lipinski definition) is 3. The number of hydrogen-bond donors (Lipinski definition) is 0. The van der Waals surface area contributed by atoms with Gasteiger partial charge in [0.25, 0.3) is 5.69 Å². The van der Waals surface area contributed by atoms with Crippen molar-refractivity contribution in [3.8, 4) is 0 Å². The summed E-state index contributed by atoms with van der Waals surface area (Å²) in [6, 6.07) is 19.9. The van der Waals surface area contributed by atoms with E-state index in [1.807, 2.05) is 42.7 Å². The van der Waals surface area contributed by atoms with Gasteiger partial charge in [-0.2, -0.15) is 4.57 Å². The average Bonchev–Trinajstić information content (AvgIpc) is 2.64. The third kappa shape index (κ3) is 5.07. The maximum absolute atomic E-state index is 12.3. The normalized spacial score (nSPS) is 10.0. The van der Waals surface area contributed by atoms with Crippen molar-refractivity contribution in [1.82, 2.24) is 0 Å². The number of nitrogens with zero attached hydrogens (tertiary/aromatic N) is 2. The number of halogens is 1. The standard InChI is InChI=1S/C20H17N2O3.BrH/c23-20(18-7-4-8-19(14-18)22(24)25)15-21-11-9-17(10-12-21)13-16-5-2-1-3-6-16;/h1-12,14H,13,15H2;1H/q+1;. The molecular formula is C20H18BrN2O3+. The Hall–Kier alpha value is -2.86. The monoisotopic (exact) mass is 413 g/mol. The molecule has 1 aromatic heterocycles. The van der Waals surface area contributed by atoms with Crippen molar-refractivity contribution in [3.05, 3.63) is 106 Å². The Morgan fingerprint density at radius 2 is 1.58 bits per heavy atom. The molecule has 0 fully saturated rings. The van der Waals surface area contributed by atoms with Crippen LogP contribution in [0.2, 0.25) is 0 Å². The Morgan fingerprint density at radius 3 is 2.23 bits per heavy atom. The lowest BCUT2D eigenvalue weighted by molar-refractivity contribution is -0.683. The summed E-state index contributed by atoms with van der Waals surface area (Å²) in [7, 11) is 0. The number of Topliss-reactive ketones (excluding diaryl/α,β-unsaturated/α-hetero) is 1. The van der Waals surface area contributed by atoms with Crippen molar-refractivity contribution in [1.29, 1.82) is 0 Å². The van der Waals surface area contributed by atoms with E-state index in [0.29, 0.717) is 5.56 Å². The summed E-state index contributed by atoms with van der Waals surface area (Å²) in [5.41, 5.74) is 2.65. The van der Waals surface area contributed by atoms with Gasteiger partial charge in [-0.15, -0.1) is 17.0 Å². The Balaban J connectivity index is 0.00000243. The fourth-order valence-electron chi connectivity index (χ4n) is 2.59. The van der Waals surface area contributed by atoms with Gasteiger partial charge in [0.2, 0.25) is 12.3 Å². The number of carbonyl (C=O) groups excluding carboxylic acids is 1. The first-order valence-corrected chi connectivity index (χ1v) is 7.91. The second-order valence-electron chi connectivity index (χ2n) is 5.77. The van der Waals surface area contributed by atoms with Crippen LogP contribution in [0.1, 0.15) is 21.5 Å². The highest BCUT2D eigenvalue weighted by atomic mass is 79.9. The molecular weight excluding hydrogens is 396 g/mol. The lowest BCUT2D eigenvalue weighted by Gasteiger charge is -2.02. The number of pyridine rings is 1. The van der Waals surface area contributed by atoms with Gasteiger partial charge in [0.1, 0.15) is 0 Å². The number of carbonyl (C=O) groups is 1. The van der Waals surface area contributed by atoms with Crippen LogP contribution in [0.15, 0.2) is 79.1 Å². The molecule has 0 atom stereocenters. The highest BCUT2D eigenvalue weighted by Gasteiger charge is 2.15. The fraction of sp³-hybridized carbons (Fsp3) is 0.100. The van der Waals surface area contributed by atoms with E-state index in [-0.39, 0.29) is 35.0 Å². The lowest BCUT2D eigenvalue weighted by atomic mass is 10.1. The summed E-state index contributed by atoms with van der Waals surface area (Å²) in [4.78, 5) is 22.6. The molecule has 0 aliphatic carbocycles. The summed E-state index contributed by atoms with van der Waals surface area (Å²) < 4.78 is 1.77. The molecule has 5 nitrogen and oxygen atoms in total. The van der Waals surface area contributed by atoms with E-state index in [1.54, 1.807) is 10.6 Å². The lowest BCUT2D eigenvalue weighted by Crippen LogP contribution is -2.37. The Morgan fingerprint density at radius 1 is 0.923 bits per heavy atom. The van der Waals surface area contributed by atoms with Crippen LogP contribution >= 0.6 is 17.0 Å². The number of ketones is 1. The van der Waals surface area contributed by atoms with Gasteiger partial charge in [-0.3, -0.25) is 14.9 Å². The molecule has 6 heteroatoms. The van der Waals surface area contributed by atoms with Gasteiger partial charge in [-0.05, 0) is 17.5 Å². The third-order valence-corrected chi connectivity index (χ3v) is 3.92. The van der Waals surface area contributed by atoms with Crippen LogP contribution < -0.4 is 4.57 Å². The minimum Gasteiger partial charge on any atom is -0.287 e. The van der Waals surface area contributed by atoms with E-state index in [4.69, 9.17) is 0 Å². The Bertz CT molecular complexity index is 896. The molecule has 3 aromatic rings. The molecule has 0 aliphatic rings. The molecule has 3 rings (SSSR count). The molecule has 0 N–H and O–H groups in total. The third-order valence-electron chi connectivity index (χ3n) is 3.92. The largest absolute Gasteiger partial charge is 0.287 e. The highest BCUT2D eigenvalue weighted by molar-refractivity contribution is 8.93. The van der Waals surface area contributed by atoms with Gasteiger partial charge in [-0.25, -0.2) is 0 Å². The number of aromatic nitrogens is 1. The van der Waals surface area contributed by atoms with E-state index >= 15 is 0 Å². The average molecular weight is 414 g/mol. The van der Waals surface area contributed by atoms with E-state index in [9.17, 15) is 14.9 Å². The van der Waals surface area contributed by atoms with Gasteiger partial charge in [0.05, 0.1) is 4.92 Å². The molecule has 0 amide bonds. The van der Waals surface area contributed by atoms with Crippen LogP contribution in [-0.4, -0.2) is 10.7 Å². The van der Waals surface area contributed by atoms with Crippen LogP contribution in [0.3, 0.4) is 0 Å². The summed E-state index contributed by atoms with van der Waals surface area (Å²) in [5, 5.41) is 10.8. The summed E-state index contributed by atoms with van der Waals surface area (Å²) in [5.74, 6) is -0.162. The zero-order chi connectivity index (χ0) is 17.6. The summed E-state index contributed by atoms with van der Waals surface area (Å²) in [6.07, 6.45) is 4.54. The second-order valence-corrected chi connectivity index (χ2v) is 5.77. The highest BCUT2D eigenvalue weighted by Crippen LogP contribution is 2.13. The zero-order valence-corrected chi connectivity index (χ0v) is 15.7. The number of nitro groups is 1. The first kappa shape index (κ1) is 19.5. The number of benzene rings is 2. The minimum absolute atomic E-state index is 0. The van der Waals surface area contributed by atoms with Gasteiger partial charge >= 0.3 is 0 Å². The van der Waals surface area contributed by atoms with Crippen molar-refractivity contribution in [3.63, 3.8) is 0 Å². The Kier molecular flexibility index (Phi) is 6.74. The molecule has 0 bridgehead atoms. The van der Waals surface area contributed by atoms with Crippen molar-refractivity contribution < 1.29 is 14.3 Å². The van der Waals surface area contributed by atoms with Crippen molar-refractivity contribution in [2.24, 2.45) is 0 Å². The maximum Gasteiger partial charge on any atom is 0.270 e. The quantitative estimate of drug-likeness (QED) is 0.266. The van der Waals surface area contributed by atoms with E-state index in [1.165, 1.54) is 23.8 Å². The predicted molar refractivity (Wildman–Crippen MR) is 104 cm³/mol.